The van der Waals surface area contributed by atoms with E-state index in [1.165, 1.54) is 0 Å². The van der Waals surface area contributed by atoms with E-state index in [-0.39, 0.29) is 29.0 Å². The molecule has 5 heteroatoms. The molecule has 0 saturated carbocycles. The Balaban J connectivity index is 2.15. The van der Waals surface area contributed by atoms with Crippen molar-refractivity contribution < 1.29 is 14.3 Å². The molecule has 0 amide bonds. The molecule has 1 aromatic carbocycles. The summed E-state index contributed by atoms with van der Waals surface area (Å²) in [7, 11) is 3.97. The number of benzene rings is 1. The van der Waals surface area contributed by atoms with Crippen LogP contribution in [0.4, 0.5) is 5.69 Å². The number of Topliss-reactive ketones (excluding diaryl/α,β-unsaturated/α-hetero) is 1. The van der Waals surface area contributed by atoms with Crippen LogP contribution in [-0.2, 0) is 14.3 Å². The Labute approximate surface area is 167 Å². The first-order chi connectivity index (χ1) is 13.1. The zero-order chi connectivity index (χ0) is 20.6. The van der Waals surface area contributed by atoms with Gasteiger partial charge < -0.3 is 15.0 Å². The topological polar surface area (TPSA) is 58.6 Å². The number of fused-ring (bicyclic) bond motifs is 1. The molecule has 0 spiro atoms. The van der Waals surface area contributed by atoms with Gasteiger partial charge in [-0.1, -0.05) is 32.1 Å². The van der Waals surface area contributed by atoms with E-state index in [1.54, 1.807) is 6.92 Å². The SMILES string of the molecule is CCOC(=O)C1=C(C)NC2=CC(C)(C)CC(=O)C2C1c1ccc(N(C)C)cc1. The Kier molecular flexibility index (Phi) is 5.37. The molecule has 0 aromatic heterocycles. The van der Waals surface area contributed by atoms with Crippen molar-refractivity contribution in [2.24, 2.45) is 11.3 Å². The van der Waals surface area contributed by atoms with Crippen LogP contribution in [0.3, 0.4) is 0 Å². The molecule has 0 bridgehead atoms. The Morgan fingerprint density at radius 2 is 1.86 bits per heavy atom. The molecule has 1 N–H and O–H groups in total. The molecule has 150 valence electrons. The maximum Gasteiger partial charge on any atom is 0.336 e. The van der Waals surface area contributed by atoms with Crippen LogP contribution in [0.2, 0.25) is 0 Å². The highest BCUT2D eigenvalue weighted by Gasteiger charge is 2.46. The fourth-order valence-electron chi connectivity index (χ4n) is 4.29. The number of esters is 1. The number of hydrogen-bond acceptors (Lipinski definition) is 5. The summed E-state index contributed by atoms with van der Waals surface area (Å²) in [4.78, 5) is 28.0. The number of carbonyl (C=O) groups excluding carboxylic acids is 2. The number of nitrogens with zero attached hydrogens (tertiary/aromatic N) is 1. The molecule has 2 aliphatic rings. The summed E-state index contributed by atoms with van der Waals surface area (Å²) in [5, 5.41) is 3.33. The van der Waals surface area contributed by atoms with Gasteiger partial charge in [0.2, 0.25) is 0 Å². The standard InChI is InChI=1S/C23H30N2O3/c1-7-28-22(27)19-14(2)24-17-12-23(3,4)13-18(26)21(17)20(19)15-8-10-16(11-9-15)25(5)6/h8-12,20-21,24H,7,13H2,1-6H3. The Hall–Kier alpha value is -2.56. The molecule has 2 atom stereocenters. The van der Waals surface area contributed by atoms with E-state index < -0.39 is 0 Å². The first-order valence-corrected chi connectivity index (χ1v) is 9.82. The second-order valence-corrected chi connectivity index (χ2v) is 8.56. The van der Waals surface area contributed by atoms with Crippen molar-refractivity contribution in [3.8, 4) is 0 Å². The Morgan fingerprint density at radius 1 is 1.21 bits per heavy atom. The summed E-state index contributed by atoms with van der Waals surface area (Å²) >= 11 is 0. The smallest absolute Gasteiger partial charge is 0.336 e. The van der Waals surface area contributed by atoms with Crippen molar-refractivity contribution in [1.29, 1.82) is 0 Å². The quantitative estimate of drug-likeness (QED) is 0.803. The van der Waals surface area contributed by atoms with Gasteiger partial charge in [-0.2, -0.15) is 0 Å². The van der Waals surface area contributed by atoms with Gasteiger partial charge >= 0.3 is 5.97 Å². The second kappa shape index (κ2) is 7.46. The van der Waals surface area contributed by atoms with E-state index in [0.717, 1.165) is 22.6 Å². The molecule has 2 unspecified atom stereocenters. The van der Waals surface area contributed by atoms with Gasteiger partial charge in [-0.15, -0.1) is 0 Å². The van der Waals surface area contributed by atoms with Crippen molar-refractivity contribution in [1.82, 2.24) is 5.32 Å². The summed E-state index contributed by atoms with van der Waals surface area (Å²) in [6.45, 7) is 8.12. The average molecular weight is 383 g/mol. The summed E-state index contributed by atoms with van der Waals surface area (Å²) in [6, 6.07) is 8.08. The maximum atomic E-state index is 13.2. The monoisotopic (exact) mass is 382 g/mol. The lowest BCUT2D eigenvalue weighted by Crippen LogP contribution is -2.43. The van der Waals surface area contributed by atoms with Crippen molar-refractivity contribution >= 4 is 17.4 Å². The number of hydrogen-bond donors (Lipinski definition) is 1. The first kappa shape index (κ1) is 20.2. The molecule has 0 fully saturated rings. The molecule has 3 rings (SSSR count). The van der Waals surface area contributed by atoms with E-state index in [1.807, 2.05) is 50.2 Å². The lowest BCUT2D eigenvalue weighted by atomic mass is 9.66. The molecule has 1 aliphatic heterocycles. The maximum absolute atomic E-state index is 13.2. The number of anilines is 1. The number of ketones is 1. The van der Waals surface area contributed by atoms with Crippen molar-refractivity contribution in [2.45, 2.75) is 40.0 Å². The van der Waals surface area contributed by atoms with Gasteiger partial charge in [0.25, 0.3) is 0 Å². The van der Waals surface area contributed by atoms with Gasteiger partial charge in [0, 0.05) is 43.5 Å². The molecule has 0 radical (unpaired) electrons. The van der Waals surface area contributed by atoms with Gasteiger partial charge in [0.05, 0.1) is 18.1 Å². The third-order valence-corrected chi connectivity index (χ3v) is 5.50. The van der Waals surface area contributed by atoms with Crippen LogP contribution in [-0.4, -0.2) is 32.5 Å². The summed E-state index contributed by atoms with van der Waals surface area (Å²) in [5.74, 6) is -0.926. The molecular weight excluding hydrogens is 352 g/mol. The highest BCUT2D eigenvalue weighted by molar-refractivity contribution is 5.96. The number of carbonyl (C=O) groups is 2. The Morgan fingerprint density at radius 3 is 2.43 bits per heavy atom. The normalized spacial score (nSPS) is 23.5. The van der Waals surface area contributed by atoms with E-state index in [2.05, 4.69) is 25.2 Å². The van der Waals surface area contributed by atoms with E-state index in [4.69, 9.17) is 4.74 Å². The minimum Gasteiger partial charge on any atom is -0.463 e. The number of allylic oxidation sites excluding steroid dienone is 3. The fourth-order valence-corrected chi connectivity index (χ4v) is 4.29. The van der Waals surface area contributed by atoms with Crippen LogP contribution in [0, 0.1) is 11.3 Å². The molecule has 0 saturated heterocycles. The van der Waals surface area contributed by atoms with E-state index >= 15 is 0 Å². The van der Waals surface area contributed by atoms with Gasteiger partial charge in [0.15, 0.2) is 0 Å². The predicted molar refractivity (Wildman–Crippen MR) is 111 cm³/mol. The van der Waals surface area contributed by atoms with Crippen molar-refractivity contribution in [2.75, 3.05) is 25.6 Å². The number of ether oxygens (including phenoxy) is 1. The number of rotatable bonds is 4. The summed E-state index contributed by atoms with van der Waals surface area (Å²) in [6.07, 6.45) is 2.61. The average Bonchev–Trinajstić information content (AvgIpc) is 2.59. The Bertz CT molecular complexity index is 847. The third kappa shape index (κ3) is 3.71. The minimum absolute atomic E-state index is 0.158. The van der Waals surface area contributed by atoms with Crippen LogP contribution < -0.4 is 10.2 Å². The van der Waals surface area contributed by atoms with Crippen LogP contribution in [0.25, 0.3) is 0 Å². The van der Waals surface area contributed by atoms with Gasteiger partial charge in [-0.3, -0.25) is 4.79 Å². The summed E-state index contributed by atoms with van der Waals surface area (Å²) < 4.78 is 5.35. The summed E-state index contributed by atoms with van der Waals surface area (Å²) in [5.41, 5.74) is 4.04. The minimum atomic E-state index is -0.388. The molecule has 5 nitrogen and oxygen atoms in total. The highest BCUT2D eigenvalue weighted by Crippen LogP contribution is 2.47. The zero-order valence-corrected chi connectivity index (χ0v) is 17.6. The highest BCUT2D eigenvalue weighted by atomic mass is 16.5. The third-order valence-electron chi connectivity index (χ3n) is 5.50. The second-order valence-electron chi connectivity index (χ2n) is 8.56. The van der Waals surface area contributed by atoms with Crippen LogP contribution >= 0.6 is 0 Å². The lowest BCUT2D eigenvalue weighted by molar-refractivity contribution is -0.139. The van der Waals surface area contributed by atoms with Crippen molar-refractivity contribution in [3.05, 3.63) is 52.9 Å². The van der Waals surface area contributed by atoms with Crippen LogP contribution in [0.1, 0.15) is 45.6 Å². The molecule has 1 aliphatic carbocycles. The van der Waals surface area contributed by atoms with Crippen LogP contribution in [0.15, 0.2) is 47.3 Å². The largest absolute Gasteiger partial charge is 0.463 e. The van der Waals surface area contributed by atoms with Gasteiger partial charge in [-0.05, 0) is 37.0 Å². The lowest BCUT2D eigenvalue weighted by Gasteiger charge is -2.41. The van der Waals surface area contributed by atoms with Gasteiger partial charge in [0.1, 0.15) is 5.78 Å². The predicted octanol–water partition coefficient (Wildman–Crippen LogP) is 3.78. The number of nitrogens with one attached hydrogen (secondary N) is 1. The fraction of sp³-hybridized carbons (Fsp3) is 0.478. The first-order valence-electron chi connectivity index (χ1n) is 9.82. The molecular formula is C23H30N2O3. The van der Waals surface area contributed by atoms with E-state index in [9.17, 15) is 9.59 Å². The molecule has 28 heavy (non-hydrogen) atoms. The molecule has 1 heterocycles. The molecule has 1 aromatic rings. The van der Waals surface area contributed by atoms with Gasteiger partial charge in [-0.25, -0.2) is 4.79 Å². The zero-order valence-electron chi connectivity index (χ0n) is 17.6. The van der Waals surface area contributed by atoms with Crippen LogP contribution in [0.5, 0.6) is 0 Å². The van der Waals surface area contributed by atoms with E-state index in [0.29, 0.717) is 18.6 Å². The van der Waals surface area contributed by atoms with Crippen molar-refractivity contribution in [3.63, 3.8) is 0 Å².